The summed E-state index contributed by atoms with van der Waals surface area (Å²) >= 11 is 1.58. The van der Waals surface area contributed by atoms with Crippen molar-refractivity contribution in [2.45, 2.75) is 31.9 Å². The second kappa shape index (κ2) is 8.26. The number of morpholine rings is 1. The Bertz CT molecular complexity index is 633. The van der Waals surface area contributed by atoms with E-state index in [4.69, 9.17) is 4.74 Å². The smallest absolute Gasteiger partial charge is 0.318 e. The van der Waals surface area contributed by atoms with Crippen LogP contribution in [0.25, 0.3) is 0 Å². The van der Waals surface area contributed by atoms with Crippen LogP contribution in [0.3, 0.4) is 0 Å². The third-order valence-corrected chi connectivity index (χ3v) is 5.08. The van der Waals surface area contributed by atoms with Crippen molar-refractivity contribution in [3.63, 3.8) is 0 Å². The molecule has 3 rings (SSSR count). The van der Waals surface area contributed by atoms with Crippen LogP contribution in [0, 0.1) is 0 Å². The molecular formula is C18H23N3O2S. The van der Waals surface area contributed by atoms with Gasteiger partial charge in [0.05, 0.1) is 18.8 Å². The van der Waals surface area contributed by atoms with E-state index >= 15 is 0 Å². The van der Waals surface area contributed by atoms with Gasteiger partial charge in [0.1, 0.15) is 5.01 Å². The average Bonchev–Trinajstić information content (AvgIpc) is 3.15. The lowest BCUT2D eigenvalue weighted by atomic mass is 10.1. The van der Waals surface area contributed by atoms with Gasteiger partial charge in [0.15, 0.2) is 0 Å². The molecular weight excluding hydrogens is 322 g/mol. The summed E-state index contributed by atoms with van der Waals surface area (Å²) in [6.07, 6.45) is 3.48. The predicted octanol–water partition coefficient (Wildman–Crippen LogP) is 3.25. The van der Waals surface area contributed by atoms with Crippen LogP contribution < -0.4 is 5.32 Å². The lowest BCUT2D eigenvalue weighted by Crippen LogP contribution is -2.50. The SMILES string of the molecule is CC[C@H](NC(=O)N1CCO[C@H](Cc2ccccc2)C1)c1nccs1. The van der Waals surface area contributed by atoms with Crippen molar-refractivity contribution in [3.8, 4) is 0 Å². The Morgan fingerprint density at radius 2 is 2.29 bits per heavy atom. The Balaban J connectivity index is 1.56. The molecule has 1 fully saturated rings. The summed E-state index contributed by atoms with van der Waals surface area (Å²) < 4.78 is 5.83. The summed E-state index contributed by atoms with van der Waals surface area (Å²) in [6.45, 7) is 3.89. The quantitative estimate of drug-likeness (QED) is 0.905. The third-order valence-electron chi connectivity index (χ3n) is 4.19. The largest absolute Gasteiger partial charge is 0.374 e. The minimum absolute atomic E-state index is 0.0204. The second-order valence-corrected chi connectivity index (χ2v) is 6.84. The van der Waals surface area contributed by atoms with E-state index in [9.17, 15) is 4.79 Å². The van der Waals surface area contributed by atoms with Gasteiger partial charge in [0, 0.05) is 31.1 Å². The van der Waals surface area contributed by atoms with E-state index in [-0.39, 0.29) is 18.2 Å². The molecule has 6 heteroatoms. The summed E-state index contributed by atoms with van der Waals surface area (Å²) in [7, 11) is 0. The first kappa shape index (κ1) is 16.9. The van der Waals surface area contributed by atoms with E-state index in [1.165, 1.54) is 5.56 Å². The first-order valence-electron chi connectivity index (χ1n) is 8.36. The van der Waals surface area contributed by atoms with Crippen LogP contribution in [0.5, 0.6) is 0 Å². The Labute approximate surface area is 146 Å². The predicted molar refractivity (Wildman–Crippen MR) is 95.1 cm³/mol. The third kappa shape index (κ3) is 4.33. The highest BCUT2D eigenvalue weighted by molar-refractivity contribution is 7.09. The number of hydrogen-bond acceptors (Lipinski definition) is 4. The number of nitrogens with one attached hydrogen (secondary N) is 1. The lowest BCUT2D eigenvalue weighted by molar-refractivity contribution is -0.0136. The van der Waals surface area contributed by atoms with Crippen molar-refractivity contribution in [1.29, 1.82) is 0 Å². The molecule has 2 heterocycles. The molecule has 128 valence electrons. The summed E-state index contributed by atoms with van der Waals surface area (Å²) in [6, 6.07) is 10.2. The molecule has 24 heavy (non-hydrogen) atoms. The number of benzene rings is 1. The maximum atomic E-state index is 12.6. The summed E-state index contributed by atoms with van der Waals surface area (Å²) in [5.41, 5.74) is 1.24. The van der Waals surface area contributed by atoms with Crippen molar-refractivity contribution in [2.24, 2.45) is 0 Å². The Kier molecular flexibility index (Phi) is 5.82. The maximum absolute atomic E-state index is 12.6. The van der Waals surface area contributed by atoms with Gasteiger partial charge in [-0.3, -0.25) is 0 Å². The zero-order chi connectivity index (χ0) is 16.8. The van der Waals surface area contributed by atoms with Crippen LogP contribution in [0.4, 0.5) is 4.79 Å². The van der Waals surface area contributed by atoms with Gasteiger partial charge in [-0.2, -0.15) is 0 Å². The zero-order valence-electron chi connectivity index (χ0n) is 13.9. The number of ether oxygens (including phenoxy) is 1. The monoisotopic (exact) mass is 345 g/mol. The van der Waals surface area contributed by atoms with E-state index in [0.717, 1.165) is 17.8 Å². The molecule has 1 aliphatic rings. The number of aromatic nitrogens is 1. The molecule has 1 saturated heterocycles. The van der Waals surface area contributed by atoms with Crippen LogP contribution in [0.2, 0.25) is 0 Å². The van der Waals surface area contributed by atoms with E-state index in [0.29, 0.717) is 19.7 Å². The number of urea groups is 1. The van der Waals surface area contributed by atoms with Crippen LogP contribution in [-0.2, 0) is 11.2 Å². The van der Waals surface area contributed by atoms with Gasteiger partial charge >= 0.3 is 6.03 Å². The summed E-state index contributed by atoms with van der Waals surface area (Å²) in [5.74, 6) is 0. The molecule has 0 unspecified atom stereocenters. The van der Waals surface area contributed by atoms with Gasteiger partial charge in [0.2, 0.25) is 0 Å². The van der Waals surface area contributed by atoms with Crippen LogP contribution in [0.15, 0.2) is 41.9 Å². The molecule has 0 aliphatic carbocycles. The minimum atomic E-state index is -0.0292. The fraction of sp³-hybridized carbons (Fsp3) is 0.444. The molecule has 0 bridgehead atoms. The molecule has 1 aromatic carbocycles. The highest BCUT2D eigenvalue weighted by Crippen LogP contribution is 2.19. The van der Waals surface area contributed by atoms with E-state index in [1.54, 1.807) is 17.5 Å². The van der Waals surface area contributed by atoms with E-state index in [1.807, 2.05) is 28.5 Å². The number of hydrogen-bond donors (Lipinski definition) is 1. The van der Waals surface area contributed by atoms with E-state index < -0.39 is 0 Å². The first-order valence-corrected chi connectivity index (χ1v) is 9.24. The van der Waals surface area contributed by atoms with Crippen LogP contribution >= 0.6 is 11.3 Å². The number of carbonyl (C=O) groups excluding carboxylic acids is 1. The standard InChI is InChI=1S/C18H23N3O2S/c1-2-16(17-19-8-11-24-17)20-18(22)21-9-10-23-15(13-21)12-14-6-4-3-5-7-14/h3-8,11,15-16H,2,9-10,12-13H2,1H3,(H,20,22)/t15-,16+/m1/s1. The topological polar surface area (TPSA) is 54.5 Å². The van der Waals surface area contributed by atoms with Gasteiger partial charge in [-0.25, -0.2) is 9.78 Å². The van der Waals surface area contributed by atoms with Gasteiger partial charge < -0.3 is 15.0 Å². The normalized spacial score (nSPS) is 19.0. The molecule has 2 atom stereocenters. The molecule has 5 nitrogen and oxygen atoms in total. The number of nitrogens with zero attached hydrogens (tertiary/aromatic N) is 2. The van der Waals surface area contributed by atoms with Gasteiger partial charge in [-0.1, -0.05) is 37.3 Å². The number of thiazole rings is 1. The minimum Gasteiger partial charge on any atom is -0.374 e. The van der Waals surface area contributed by atoms with Gasteiger partial charge in [-0.15, -0.1) is 11.3 Å². The first-order chi connectivity index (χ1) is 11.8. The molecule has 2 aromatic rings. The van der Waals surface area contributed by atoms with Crippen molar-refractivity contribution in [1.82, 2.24) is 15.2 Å². The highest BCUT2D eigenvalue weighted by atomic mass is 32.1. The number of amides is 2. The van der Waals surface area contributed by atoms with Crippen molar-refractivity contribution < 1.29 is 9.53 Å². The molecule has 2 amide bonds. The Morgan fingerprint density at radius 1 is 1.46 bits per heavy atom. The van der Waals surface area contributed by atoms with Crippen LogP contribution in [-0.4, -0.2) is 41.7 Å². The molecule has 0 spiro atoms. The highest BCUT2D eigenvalue weighted by Gasteiger charge is 2.26. The molecule has 1 N–H and O–H groups in total. The number of rotatable bonds is 5. The Morgan fingerprint density at radius 3 is 3.00 bits per heavy atom. The van der Waals surface area contributed by atoms with Crippen LogP contribution in [0.1, 0.15) is 30.0 Å². The van der Waals surface area contributed by atoms with E-state index in [2.05, 4.69) is 29.4 Å². The van der Waals surface area contributed by atoms with Crippen molar-refractivity contribution >= 4 is 17.4 Å². The van der Waals surface area contributed by atoms with Gasteiger partial charge in [0.25, 0.3) is 0 Å². The maximum Gasteiger partial charge on any atom is 0.318 e. The fourth-order valence-electron chi connectivity index (χ4n) is 2.89. The molecule has 0 saturated carbocycles. The number of carbonyl (C=O) groups is 1. The Hall–Kier alpha value is -1.92. The second-order valence-electron chi connectivity index (χ2n) is 5.91. The van der Waals surface area contributed by atoms with Crippen molar-refractivity contribution in [2.75, 3.05) is 19.7 Å². The zero-order valence-corrected chi connectivity index (χ0v) is 14.7. The lowest BCUT2D eigenvalue weighted by Gasteiger charge is -2.34. The average molecular weight is 345 g/mol. The van der Waals surface area contributed by atoms with Crippen molar-refractivity contribution in [3.05, 3.63) is 52.5 Å². The molecule has 1 aromatic heterocycles. The molecule has 0 radical (unpaired) electrons. The fourth-order valence-corrected chi connectivity index (χ4v) is 3.66. The molecule has 1 aliphatic heterocycles. The summed E-state index contributed by atoms with van der Waals surface area (Å²) in [5, 5.41) is 6.00. The summed E-state index contributed by atoms with van der Waals surface area (Å²) in [4.78, 5) is 18.8. The van der Waals surface area contributed by atoms with Gasteiger partial charge in [-0.05, 0) is 12.0 Å².